The van der Waals surface area contributed by atoms with Gasteiger partial charge in [0.25, 0.3) is 0 Å². The fraction of sp³-hybridized carbons (Fsp3) is 0.542. The Bertz CT molecular complexity index is 936. The number of ether oxygens (including phenoxy) is 1. The van der Waals surface area contributed by atoms with E-state index in [0.717, 1.165) is 42.2 Å². The SMILES string of the molecule is C=CCn1c(COc2ccc(F)cc2)nnc1SCC(=O)C12CC3CC(CC(C3)C1)C2. The third-order valence-electron chi connectivity index (χ3n) is 7.25. The summed E-state index contributed by atoms with van der Waals surface area (Å²) in [5.74, 6) is 4.06. The van der Waals surface area contributed by atoms with Crippen LogP contribution in [0.25, 0.3) is 0 Å². The Morgan fingerprint density at radius 3 is 2.42 bits per heavy atom. The number of halogens is 1. The fourth-order valence-electron chi connectivity index (χ4n) is 6.26. The van der Waals surface area contributed by atoms with Crippen molar-refractivity contribution in [1.29, 1.82) is 0 Å². The van der Waals surface area contributed by atoms with E-state index in [2.05, 4.69) is 16.8 Å². The zero-order valence-corrected chi connectivity index (χ0v) is 18.5. The van der Waals surface area contributed by atoms with E-state index in [1.807, 2.05) is 4.57 Å². The first-order valence-corrected chi connectivity index (χ1v) is 12.1. The molecule has 0 unspecified atom stereocenters. The van der Waals surface area contributed by atoms with Crippen molar-refractivity contribution in [3.63, 3.8) is 0 Å². The number of hydrogen-bond acceptors (Lipinski definition) is 5. The van der Waals surface area contributed by atoms with Crippen molar-refractivity contribution in [3.05, 3.63) is 48.6 Å². The molecule has 0 atom stereocenters. The summed E-state index contributed by atoms with van der Waals surface area (Å²) >= 11 is 1.48. The van der Waals surface area contributed by atoms with Gasteiger partial charge in [-0.1, -0.05) is 17.8 Å². The summed E-state index contributed by atoms with van der Waals surface area (Å²) in [5.41, 5.74) is -0.0838. The lowest BCUT2D eigenvalue weighted by molar-refractivity contribution is -0.141. The van der Waals surface area contributed by atoms with E-state index in [9.17, 15) is 9.18 Å². The number of ketones is 1. The van der Waals surface area contributed by atoms with Crippen LogP contribution < -0.4 is 4.74 Å². The maximum absolute atomic E-state index is 13.3. The standard InChI is InChI=1S/C24H28FN3O2S/c1-2-7-28-22(14-30-20-5-3-19(25)4-6-20)26-27-23(28)31-15-21(29)24-11-16-8-17(12-24)10-18(9-16)13-24/h2-6,16-18H,1,7-15H2. The molecule has 0 aliphatic heterocycles. The number of carbonyl (C=O) groups excluding carboxylic acids is 1. The van der Waals surface area contributed by atoms with Gasteiger partial charge in [-0.3, -0.25) is 9.36 Å². The number of allylic oxidation sites excluding steroid dienone is 1. The molecule has 0 N–H and O–H groups in total. The van der Waals surface area contributed by atoms with E-state index >= 15 is 0 Å². The molecule has 2 aromatic rings. The summed E-state index contributed by atoms with van der Waals surface area (Å²) in [6, 6.07) is 5.90. The molecule has 5 nitrogen and oxygen atoms in total. The van der Waals surface area contributed by atoms with Gasteiger partial charge in [0.1, 0.15) is 24.0 Å². The Balaban J connectivity index is 1.24. The van der Waals surface area contributed by atoms with E-state index in [1.165, 1.54) is 43.2 Å². The average molecular weight is 442 g/mol. The van der Waals surface area contributed by atoms with Crippen LogP contribution in [0.5, 0.6) is 5.75 Å². The van der Waals surface area contributed by atoms with Crippen molar-refractivity contribution in [2.45, 2.75) is 56.8 Å². The summed E-state index contributed by atoms with van der Waals surface area (Å²) in [6.07, 6.45) is 9.08. The number of rotatable bonds is 9. The molecule has 6 rings (SSSR count). The lowest BCUT2D eigenvalue weighted by Gasteiger charge is -2.56. The summed E-state index contributed by atoms with van der Waals surface area (Å²) < 4.78 is 20.8. The minimum Gasteiger partial charge on any atom is -0.486 e. The van der Waals surface area contributed by atoms with Crippen LogP contribution in [0.15, 0.2) is 42.1 Å². The number of thioether (sulfide) groups is 1. The number of hydrogen-bond donors (Lipinski definition) is 0. The Morgan fingerprint density at radius 2 is 1.81 bits per heavy atom. The highest BCUT2D eigenvalue weighted by molar-refractivity contribution is 7.99. The fourth-order valence-corrected chi connectivity index (χ4v) is 7.26. The lowest BCUT2D eigenvalue weighted by atomic mass is 9.48. The molecule has 0 spiro atoms. The van der Waals surface area contributed by atoms with Crippen LogP contribution in [0.1, 0.15) is 44.3 Å². The normalized spacial score (nSPS) is 28.6. The second kappa shape index (κ2) is 8.41. The Morgan fingerprint density at radius 1 is 1.16 bits per heavy atom. The third-order valence-corrected chi connectivity index (χ3v) is 8.22. The number of carbonyl (C=O) groups is 1. The van der Waals surface area contributed by atoms with Crippen LogP contribution in [0.4, 0.5) is 4.39 Å². The largest absolute Gasteiger partial charge is 0.486 e. The van der Waals surface area contributed by atoms with Crippen molar-refractivity contribution >= 4 is 17.5 Å². The molecular weight excluding hydrogens is 413 g/mol. The van der Waals surface area contributed by atoms with Crippen LogP contribution >= 0.6 is 11.8 Å². The van der Waals surface area contributed by atoms with Crippen molar-refractivity contribution in [1.82, 2.24) is 14.8 Å². The first-order chi connectivity index (χ1) is 15.0. The van der Waals surface area contributed by atoms with Crippen LogP contribution in [-0.2, 0) is 17.9 Å². The lowest BCUT2D eigenvalue weighted by Crippen LogP contribution is -2.50. The molecule has 4 aliphatic carbocycles. The summed E-state index contributed by atoms with van der Waals surface area (Å²) in [4.78, 5) is 13.3. The van der Waals surface area contributed by atoms with E-state index in [4.69, 9.17) is 4.74 Å². The molecule has 4 aliphatic rings. The molecule has 7 heteroatoms. The second-order valence-electron chi connectivity index (χ2n) is 9.45. The second-order valence-corrected chi connectivity index (χ2v) is 10.4. The van der Waals surface area contributed by atoms with Crippen molar-refractivity contribution < 1.29 is 13.9 Å². The number of aromatic nitrogens is 3. The van der Waals surface area contributed by atoms with Gasteiger partial charge in [0.15, 0.2) is 11.0 Å². The molecule has 4 fully saturated rings. The minimum atomic E-state index is -0.301. The van der Waals surface area contributed by atoms with Crippen molar-refractivity contribution in [3.8, 4) is 5.75 Å². The van der Waals surface area contributed by atoms with Gasteiger partial charge in [0.05, 0.1) is 5.75 Å². The van der Waals surface area contributed by atoms with E-state index in [-0.39, 0.29) is 17.8 Å². The van der Waals surface area contributed by atoms with Crippen molar-refractivity contribution in [2.75, 3.05) is 5.75 Å². The molecule has 0 amide bonds. The predicted octanol–water partition coefficient (Wildman–Crippen LogP) is 5.06. The van der Waals surface area contributed by atoms with Gasteiger partial charge < -0.3 is 4.74 Å². The Hall–Kier alpha value is -2.15. The molecule has 0 radical (unpaired) electrons. The minimum absolute atomic E-state index is 0.0838. The third kappa shape index (κ3) is 4.16. The van der Waals surface area contributed by atoms with Gasteiger partial charge in [-0.15, -0.1) is 16.8 Å². The van der Waals surface area contributed by atoms with Gasteiger partial charge in [0, 0.05) is 12.0 Å². The van der Waals surface area contributed by atoms with Gasteiger partial charge >= 0.3 is 0 Å². The zero-order valence-electron chi connectivity index (χ0n) is 17.6. The number of benzene rings is 1. The van der Waals surface area contributed by atoms with Gasteiger partial charge in [-0.2, -0.15) is 0 Å². The highest BCUT2D eigenvalue weighted by Crippen LogP contribution is 2.60. The number of nitrogens with zero attached hydrogens (tertiary/aromatic N) is 3. The smallest absolute Gasteiger partial charge is 0.192 e. The summed E-state index contributed by atoms with van der Waals surface area (Å²) in [5, 5.41) is 9.31. The molecule has 0 saturated heterocycles. The van der Waals surface area contributed by atoms with Crippen LogP contribution in [0.3, 0.4) is 0 Å². The quantitative estimate of drug-likeness (QED) is 0.402. The maximum Gasteiger partial charge on any atom is 0.192 e. The molecule has 1 aromatic carbocycles. The molecule has 31 heavy (non-hydrogen) atoms. The molecule has 4 bridgehead atoms. The van der Waals surface area contributed by atoms with Crippen molar-refractivity contribution in [2.24, 2.45) is 23.2 Å². The Labute approximate surface area is 186 Å². The molecule has 4 saturated carbocycles. The maximum atomic E-state index is 13.3. The summed E-state index contributed by atoms with van der Waals surface area (Å²) in [7, 11) is 0. The topological polar surface area (TPSA) is 57.0 Å². The molecule has 164 valence electrons. The van der Waals surface area contributed by atoms with E-state index in [1.54, 1.807) is 18.2 Å². The van der Waals surface area contributed by atoms with Crippen LogP contribution in [-0.4, -0.2) is 26.3 Å². The molecular formula is C24H28FN3O2S. The van der Waals surface area contributed by atoms with Crippen LogP contribution in [0, 0.1) is 29.0 Å². The van der Waals surface area contributed by atoms with Gasteiger partial charge in [0.2, 0.25) is 0 Å². The molecule has 1 heterocycles. The van der Waals surface area contributed by atoms with Gasteiger partial charge in [-0.25, -0.2) is 4.39 Å². The summed E-state index contributed by atoms with van der Waals surface area (Å²) in [6.45, 7) is 4.60. The highest BCUT2D eigenvalue weighted by atomic mass is 32.2. The monoisotopic (exact) mass is 441 g/mol. The predicted molar refractivity (Wildman–Crippen MR) is 117 cm³/mol. The van der Waals surface area contributed by atoms with E-state index in [0.29, 0.717) is 29.7 Å². The van der Waals surface area contributed by atoms with Gasteiger partial charge in [-0.05, 0) is 80.5 Å². The average Bonchev–Trinajstić information content (AvgIpc) is 3.12. The molecule has 1 aromatic heterocycles. The Kier molecular flexibility index (Phi) is 5.63. The first kappa shape index (κ1) is 20.7. The zero-order chi connectivity index (χ0) is 21.4. The first-order valence-electron chi connectivity index (χ1n) is 11.1. The highest BCUT2D eigenvalue weighted by Gasteiger charge is 2.54. The van der Waals surface area contributed by atoms with Crippen LogP contribution in [0.2, 0.25) is 0 Å². The number of Topliss-reactive ketones (excluding diaryl/α,β-unsaturated/α-hetero) is 1. The van der Waals surface area contributed by atoms with E-state index < -0.39 is 0 Å².